The average molecular weight is 374 g/mol. The molecule has 0 saturated carbocycles. The van der Waals surface area contributed by atoms with Gasteiger partial charge in [-0.15, -0.1) is 0 Å². The quantitative estimate of drug-likeness (QED) is 0.871. The molecule has 1 heterocycles. The van der Waals surface area contributed by atoms with E-state index in [9.17, 15) is 4.79 Å². The molecule has 1 N–H and O–H groups in total. The van der Waals surface area contributed by atoms with Gasteiger partial charge in [-0.25, -0.2) is 4.79 Å². The van der Waals surface area contributed by atoms with Gasteiger partial charge in [-0.05, 0) is 43.7 Å². The van der Waals surface area contributed by atoms with Crippen molar-refractivity contribution in [1.82, 2.24) is 4.90 Å². The third-order valence-corrected chi connectivity index (χ3v) is 4.99. The zero-order chi connectivity index (χ0) is 18.7. The zero-order valence-electron chi connectivity index (χ0n) is 15.4. The van der Waals surface area contributed by atoms with E-state index in [-0.39, 0.29) is 6.03 Å². The Hall–Kier alpha value is -2.40. The fraction of sp³-hybridized carbons (Fsp3) is 0.350. The maximum Gasteiger partial charge on any atom is 0.321 e. The number of amides is 2. The van der Waals surface area contributed by atoms with E-state index in [4.69, 9.17) is 16.3 Å². The second-order valence-corrected chi connectivity index (χ2v) is 6.95. The van der Waals surface area contributed by atoms with Crippen molar-refractivity contribution in [3.8, 4) is 5.75 Å². The number of benzene rings is 2. The van der Waals surface area contributed by atoms with E-state index < -0.39 is 0 Å². The molecule has 0 spiro atoms. The molecule has 2 aromatic rings. The van der Waals surface area contributed by atoms with E-state index in [1.54, 1.807) is 7.11 Å². The molecule has 5 nitrogen and oxygen atoms in total. The van der Waals surface area contributed by atoms with Crippen LogP contribution in [0, 0.1) is 13.8 Å². The van der Waals surface area contributed by atoms with Crippen molar-refractivity contribution < 1.29 is 9.53 Å². The molecule has 1 saturated heterocycles. The molecule has 6 heteroatoms. The first kappa shape index (κ1) is 18.4. The summed E-state index contributed by atoms with van der Waals surface area (Å²) in [5.74, 6) is 0.668. The normalized spacial score (nSPS) is 14.3. The molecule has 0 unspecified atom stereocenters. The summed E-state index contributed by atoms with van der Waals surface area (Å²) in [6.07, 6.45) is 0. The lowest BCUT2D eigenvalue weighted by Gasteiger charge is -2.36. The van der Waals surface area contributed by atoms with Gasteiger partial charge in [-0.2, -0.15) is 0 Å². The summed E-state index contributed by atoms with van der Waals surface area (Å²) in [7, 11) is 1.61. The van der Waals surface area contributed by atoms with Crippen molar-refractivity contribution in [1.29, 1.82) is 0 Å². The van der Waals surface area contributed by atoms with Crippen LogP contribution in [0.25, 0.3) is 0 Å². The van der Waals surface area contributed by atoms with E-state index in [1.165, 1.54) is 5.56 Å². The van der Waals surface area contributed by atoms with E-state index in [0.29, 0.717) is 23.9 Å². The summed E-state index contributed by atoms with van der Waals surface area (Å²) >= 11 is 6.22. The number of hydrogen-bond acceptors (Lipinski definition) is 3. The molecule has 0 bridgehead atoms. The number of rotatable bonds is 3. The minimum Gasteiger partial charge on any atom is -0.495 e. The summed E-state index contributed by atoms with van der Waals surface area (Å²) in [4.78, 5) is 16.6. The van der Waals surface area contributed by atoms with Gasteiger partial charge in [0, 0.05) is 37.6 Å². The van der Waals surface area contributed by atoms with Crippen molar-refractivity contribution in [2.24, 2.45) is 0 Å². The molecule has 0 aliphatic carbocycles. The number of nitrogens with one attached hydrogen (secondary N) is 1. The number of hydrogen-bond donors (Lipinski definition) is 1. The van der Waals surface area contributed by atoms with Crippen molar-refractivity contribution in [3.05, 3.63) is 52.5 Å². The number of ether oxygens (including phenoxy) is 1. The van der Waals surface area contributed by atoms with Crippen LogP contribution in [-0.2, 0) is 0 Å². The first-order valence-corrected chi connectivity index (χ1v) is 9.07. The topological polar surface area (TPSA) is 44.8 Å². The van der Waals surface area contributed by atoms with E-state index >= 15 is 0 Å². The van der Waals surface area contributed by atoms with Crippen LogP contribution in [0.1, 0.15) is 11.1 Å². The van der Waals surface area contributed by atoms with Crippen LogP contribution in [0.5, 0.6) is 5.75 Å². The largest absolute Gasteiger partial charge is 0.495 e. The van der Waals surface area contributed by atoms with E-state index in [2.05, 4.69) is 16.3 Å². The molecule has 26 heavy (non-hydrogen) atoms. The Morgan fingerprint density at radius 3 is 2.42 bits per heavy atom. The Morgan fingerprint density at radius 2 is 1.81 bits per heavy atom. The number of urea groups is 1. The lowest BCUT2D eigenvalue weighted by Crippen LogP contribution is -2.50. The van der Waals surface area contributed by atoms with E-state index in [0.717, 1.165) is 30.0 Å². The predicted molar refractivity (Wildman–Crippen MR) is 107 cm³/mol. The molecular formula is C20H24ClN3O2. The molecule has 1 aliphatic rings. The third kappa shape index (κ3) is 4.05. The Labute approximate surface area is 159 Å². The summed E-state index contributed by atoms with van der Waals surface area (Å²) in [5.41, 5.74) is 4.17. The summed E-state index contributed by atoms with van der Waals surface area (Å²) in [6, 6.07) is 11.8. The van der Waals surface area contributed by atoms with Gasteiger partial charge in [0.2, 0.25) is 0 Å². The average Bonchev–Trinajstić information content (AvgIpc) is 2.64. The van der Waals surface area contributed by atoms with E-state index in [1.807, 2.05) is 49.1 Å². The van der Waals surface area contributed by atoms with Crippen LogP contribution in [0.15, 0.2) is 36.4 Å². The van der Waals surface area contributed by atoms with Crippen molar-refractivity contribution in [2.75, 3.05) is 43.5 Å². The third-order valence-electron chi connectivity index (χ3n) is 4.69. The minimum atomic E-state index is -0.0515. The van der Waals surface area contributed by atoms with Crippen LogP contribution in [0.4, 0.5) is 16.2 Å². The Balaban J connectivity index is 1.59. The smallest absolute Gasteiger partial charge is 0.321 e. The first-order valence-electron chi connectivity index (χ1n) is 8.69. The maximum atomic E-state index is 12.5. The van der Waals surface area contributed by atoms with Crippen LogP contribution in [0.2, 0.25) is 5.02 Å². The highest BCUT2D eigenvalue weighted by molar-refractivity contribution is 6.32. The van der Waals surface area contributed by atoms with Gasteiger partial charge < -0.3 is 19.9 Å². The van der Waals surface area contributed by atoms with Crippen LogP contribution < -0.4 is 15.0 Å². The maximum absolute atomic E-state index is 12.5. The number of aryl methyl sites for hydroxylation is 2. The summed E-state index contributed by atoms with van der Waals surface area (Å²) in [6.45, 7) is 6.92. The van der Waals surface area contributed by atoms with Crippen molar-refractivity contribution >= 4 is 29.0 Å². The highest BCUT2D eigenvalue weighted by Gasteiger charge is 2.22. The van der Waals surface area contributed by atoms with Crippen LogP contribution in [-0.4, -0.2) is 44.2 Å². The number of carbonyl (C=O) groups is 1. The molecule has 138 valence electrons. The fourth-order valence-electron chi connectivity index (χ4n) is 3.17. The second-order valence-electron chi connectivity index (χ2n) is 6.54. The molecule has 3 rings (SSSR count). The Bertz CT molecular complexity index is 802. The van der Waals surface area contributed by atoms with Gasteiger partial charge in [-0.1, -0.05) is 29.3 Å². The molecule has 0 radical (unpaired) electrons. The summed E-state index contributed by atoms with van der Waals surface area (Å²) in [5, 5.41) is 3.61. The van der Waals surface area contributed by atoms with Gasteiger partial charge in [0.15, 0.2) is 0 Å². The number of anilines is 2. The second kappa shape index (κ2) is 7.87. The SMILES string of the molecule is COc1ccc(N2CCN(C(=O)Nc3ccc(C)cc3C)CC2)cc1Cl. The molecule has 2 amide bonds. The predicted octanol–water partition coefficient (Wildman–Crippen LogP) is 4.32. The number of piperazine rings is 1. The molecule has 0 atom stereocenters. The van der Waals surface area contributed by atoms with Crippen LogP contribution >= 0.6 is 11.6 Å². The Morgan fingerprint density at radius 1 is 1.08 bits per heavy atom. The molecule has 1 fully saturated rings. The fourth-order valence-corrected chi connectivity index (χ4v) is 3.42. The van der Waals surface area contributed by atoms with Gasteiger partial charge >= 0.3 is 6.03 Å². The highest BCUT2D eigenvalue weighted by atomic mass is 35.5. The molecule has 0 aromatic heterocycles. The minimum absolute atomic E-state index is 0.0515. The summed E-state index contributed by atoms with van der Waals surface area (Å²) < 4.78 is 5.20. The molecular weight excluding hydrogens is 350 g/mol. The number of carbonyl (C=O) groups excluding carboxylic acids is 1. The molecule has 1 aliphatic heterocycles. The van der Waals surface area contributed by atoms with Gasteiger partial charge in [0.25, 0.3) is 0 Å². The lowest BCUT2D eigenvalue weighted by atomic mass is 10.1. The highest BCUT2D eigenvalue weighted by Crippen LogP contribution is 2.29. The van der Waals surface area contributed by atoms with Crippen LogP contribution in [0.3, 0.4) is 0 Å². The molecule has 2 aromatic carbocycles. The van der Waals surface area contributed by atoms with Crippen molar-refractivity contribution in [2.45, 2.75) is 13.8 Å². The van der Waals surface area contributed by atoms with Gasteiger partial charge in [0.05, 0.1) is 12.1 Å². The standard InChI is InChI=1S/C20H24ClN3O2/c1-14-4-6-18(15(2)12-14)22-20(25)24-10-8-23(9-11-24)16-5-7-19(26-3)17(21)13-16/h4-7,12-13H,8-11H2,1-3H3,(H,22,25). The lowest BCUT2D eigenvalue weighted by molar-refractivity contribution is 0.208. The van der Waals surface area contributed by atoms with Gasteiger partial charge in [-0.3, -0.25) is 0 Å². The monoisotopic (exact) mass is 373 g/mol. The Kier molecular flexibility index (Phi) is 5.57. The first-order chi connectivity index (χ1) is 12.5. The van der Waals surface area contributed by atoms with Gasteiger partial charge in [0.1, 0.15) is 5.75 Å². The number of halogens is 1. The zero-order valence-corrected chi connectivity index (χ0v) is 16.1. The number of methoxy groups -OCH3 is 1. The number of nitrogens with zero attached hydrogens (tertiary/aromatic N) is 2. The van der Waals surface area contributed by atoms with Crippen molar-refractivity contribution in [3.63, 3.8) is 0 Å².